The summed E-state index contributed by atoms with van der Waals surface area (Å²) < 4.78 is 10.5. The SMILES string of the molecule is NC(=S)C1(NC(=O)c2ccc3c(c2)OCO3)CCCCC1. The van der Waals surface area contributed by atoms with Gasteiger partial charge in [0.25, 0.3) is 5.91 Å². The Bertz CT molecular complexity index is 582. The lowest BCUT2D eigenvalue weighted by molar-refractivity contribution is 0.0908. The second-order valence-corrected chi connectivity index (χ2v) is 5.97. The fraction of sp³-hybridized carbons (Fsp3) is 0.467. The summed E-state index contributed by atoms with van der Waals surface area (Å²) in [6.45, 7) is 0.192. The van der Waals surface area contributed by atoms with Crippen LogP contribution in [-0.2, 0) is 0 Å². The van der Waals surface area contributed by atoms with Crippen molar-refractivity contribution < 1.29 is 14.3 Å². The summed E-state index contributed by atoms with van der Waals surface area (Å²) in [5.74, 6) is 1.08. The molecule has 5 nitrogen and oxygen atoms in total. The number of ether oxygens (including phenoxy) is 2. The van der Waals surface area contributed by atoms with Gasteiger partial charge in [0.2, 0.25) is 6.79 Å². The number of thiocarbonyl (C=S) groups is 1. The van der Waals surface area contributed by atoms with E-state index < -0.39 is 5.54 Å². The molecule has 1 aromatic rings. The van der Waals surface area contributed by atoms with Crippen molar-refractivity contribution in [3.8, 4) is 11.5 Å². The minimum atomic E-state index is -0.555. The van der Waals surface area contributed by atoms with Crippen LogP contribution in [0.2, 0.25) is 0 Å². The van der Waals surface area contributed by atoms with Crippen molar-refractivity contribution in [3.63, 3.8) is 0 Å². The van der Waals surface area contributed by atoms with Crippen LogP contribution in [0, 0.1) is 0 Å². The Hall–Kier alpha value is -1.82. The van der Waals surface area contributed by atoms with Crippen LogP contribution >= 0.6 is 12.2 Å². The van der Waals surface area contributed by atoms with Crippen LogP contribution in [0.15, 0.2) is 18.2 Å². The van der Waals surface area contributed by atoms with Crippen LogP contribution in [0.1, 0.15) is 42.5 Å². The largest absolute Gasteiger partial charge is 0.454 e. The van der Waals surface area contributed by atoms with E-state index in [-0.39, 0.29) is 12.7 Å². The van der Waals surface area contributed by atoms with Crippen molar-refractivity contribution in [2.75, 3.05) is 6.79 Å². The first-order chi connectivity index (χ1) is 10.1. The summed E-state index contributed by atoms with van der Waals surface area (Å²) in [6.07, 6.45) is 4.82. The Labute approximate surface area is 128 Å². The van der Waals surface area contributed by atoms with Crippen molar-refractivity contribution in [3.05, 3.63) is 23.8 Å². The minimum absolute atomic E-state index is 0.178. The zero-order valence-corrected chi connectivity index (χ0v) is 12.5. The van der Waals surface area contributed by atoms with E-state index in [9.17, 15) is 4.79 Å². The lowest BCUT2D eigenvalue weighted by atomic mass is 9.81. The predicted octanol–water partition coefficient (Wildman–Crippen LogP) is 2.13. The maximum Gasteiger partial charge on any atom is 0.252 e. The summed E-state index contributed by atoms with van der Waals surface area (Å²) in [6, 6.07) is 5.15. The molecule has 1 amide bonds. The number of amides is 1. The number of benzene rings is 1. The molecule has 3 rings (SSSR count). The minimum Gasteiger partial charge on any atom is -0.454 e. The molecule has 3 N–H and O–H groups in total. The summed E-state index contributed by atoms with van der Waals surface area (Å²) in [7, 11) is 0. The van der Waals surface area contributed by atoms with Crippen LogP contribution in [0.25, 0.3) is 0 Å². The zero-order valence-electron chi connectivity index (χ0n) is 11.7. The third-order valence-corrected chi connectivity index (χ3v) is 4.56. The van der Waals surface area contributed by atoms with Crippen LogP contribution in [0.5, 0.6) is 11.5 Å². The molecule has 0 radical (unpaired) electrons. The number of hydrogen-bond donors (Lipinski definition) is 2. The maximum absolute atomic E-state index is 12.5. The number of carbonyl (C=O) groups is 1. The van der Waals surface area contributed by atoms with E-state index in [1.165, 1.54) is 0 Å². The molecule has 1 saturated carbocycles. The average molecular weight is 306 g/mol. The van der Waals surface area contributed by atoms with Crippen LogP contribution in [-0.4, -0.2) is 23.2 Å². The molecule has 0 unspecified atom stereocenters. The first-order valence-electron chi connectivity index (χ1n) is 7.13. The normalized spacial score (nSPS) is 19.0. The lowest BCUT2D eigenvalue weighted by Crippen LogP contribution is -2.57. The van der Waals surface area contributed by atoms with Gasteiger partial charge >= 0.3 is 0 Å². The van der Waals surface area contributed by atoms with E-state index in [0.717, 1.165) is 32.1 Å². The van der Waals surface area contributed by atoms with Gasteiger partial charge in [-0.15, -0.1) is 0 Å². The molecule has 1 fully saturated rings. The Morgan fingerprint density at radius 1 is 1.19 bits per heavy atom. The van der Waals surface area contributed by atoms with Gasteiger partial charge in [-0.05, 0) is 31.0 Å². The summed E-state index contributed by atoms with van der Waals surface area (Å²) in [4.78, 5) is 12.9. The standard InChI is InChI=1S/C15H18N2O3S/c16-14(21)15(6-2-1-3-7-15)17-13(18)10-4-5-11-12(8-10)20-9-19-11/h4-5,8H,1-3,6-7,9H2,(H2,16,21)(H,17,18). The highest BCUT2D eigenvalue weighted by Crippen LogP contribution is 2.33. The highest BCUT2D eigenvalue weighted by atomic mass is 32.1. The van der Waals surface area contributed by atoms with Crippen molar-refractivity contribution in [2.24, 2.45) is 5.73 Å². The summed E-state index contributed by atoms with van der Waals surface area (Å²) >= 11 is 5.19. The Balaban J connectivity index is 1.80. The molecule has 2 aliphatic rings. The molecule has 1 aliphatic heterocycles. The van der Waals surface area contributed by atoms with Gasteiger partial charge in [0, 0.05) is 5.56 Å². The fourth-order valence-corrected chi connectivity index (χ4v) is 3.17. The van der Waals surface area contributed by atoms with E-state index in [2.05, 4.69) is 5.32 Å². The molecule has 0 spiro atoms. The van der Waals surface area contributed by atoms with Gasteiger partial charge in [0.05, 0.1) is 10.5 Å². The number of carbonyl (C=O) groups excluding carboxylic acids is 1. The molecule has 1 heterocycles. The molecular weight excluding hydrogens is 288 g/mol. The van der Waals surface area contributed by atoms with Gasteiger partial charge in [-0.1, -0.05) is 31.5 Å². The number of fused-ring (bicyclic) bond motifs is 1. The molecule has 0 saturated heterocycles. The molecule has 0 aromatic heterocycles. The third kappa shape index (κ3) is 2.68. The van der Waals surface area contributed by atoms with E-state index in [1.54, 1.807) is 18.2 Å². The van der Waals surface area contributed by atoms with Gasteiger partial charge in [-0.2, -0.15) is 0 Å². The van der Waals surface area contributed by atoms with Gasteiger partial charge in [0.1, 0.15) is 0 Å². The van der Waals surface area contributed by atoms with E-state index in [0.29, 0.717) is 22.1 Å². The van der Waals surface area contributed by atoms with Crippen molar-refractivity contribution in [1.29, 1.82) is 0 Å². The van der Waals surface area contributed by atoms with Crippen LogP contribution in [0.4, 0.5) is 0 Å². The monoisotopic (exact) mass is 306 g/mol. The molecule has 112 valence electrons. The molecule has 21 heavy (non-hydrogen) atoms. The second kappa shape index (κ2) is 5.52. The van der Waals surface area contributed by atoms with Gasteiger partial charge in [-0.3, -0.25) is 4.79 Å². The topological polar surface area (TPSA) is 73.6 Å². The Morgan fingerprint density at radius 3 is 2.62 bits per heavy atom. The molecule has 1 aliphatic carbocycles. The highest BCUT2D eigenvalue weighted by molar-refractivity contribution is 7.80. The number of rotatable bonds is 3. The quantitative estimate of drug-likeness (QED) is 0.837. The average Bonchev–Trinajstić information content (AvgIpc) is 2.95. The summed E-state index contributed by atoms with van der Waals surface area (Å²) in [5.41, 5.74) is 5.86. The first-order valence-corrected chi connectivity index (χ1v) is 7.54. The Kier molecular flexibility index (Phi) is 3.71. The zero-order chi connectivity index (χ0) is 14.9. The smallest absolute Gasteiger partial charge is 0.252 e. The maximum atomic E-state index is 12.5. The highest BCUT2D eigenvalue weighted by Gasteiger charge is 2.36. The van der Waals surface area contributed by atoms with Gasteiger partial charge < -0.3 is 20.5 Å². The van der Waals surface area contributed by atoms with E-state index in [1.807, 2.05) is 0 Å². The number of hydrogen-bond acceptors (Lipinski definition) is 4. The van der Waals surface area contributed by atoms with Crippen LogP contribution in [0.3, 0.4) is 0 Å². The molecule has 1 aromatic carbocycles. The van der Waals surface area contributed by atoms with Gasteiger partial charge in [-0.25, -0.2) is 0 Å². The molecule has 0 atom stereocenters. The molecular formula is C15H18N2O3S. The number of nitrogens with two attached hydrogens (primary N) is 1. The fourth-order valence-electron chi connectivity index (χ4n) is 2.92. The lowest BCUT2D eigenvalue weighted by Gasteiger charge is -2.37. The van der Waals surface area contributed by atoms with Gasteiger partial charge in [0.15, 0.2) is 11.5 Å². The Morgan fingerprint density at radius 2 is 1.90 bits per heavy atom. The molecule has 6 heteroatoms. The first kappa shape index (κ1) is 14.1. The van der Waals surface area contributed by atoms with Crippen molar-refractivity contribution in [2.45, 2.75) is 37.6 Å². The van der Waals surface area contributed by atoms with Crippen molar-refractivity contribution in [1.82, 2.24) is 5.32 Å². The van der Waals surface area contributed by atoms with E-state index in [4.69, 9.17) is 27.4 Å². The predicted molar refractivity (Wildman–Crippen MR) is 82.6 cm³/mol. The molecule has 0 bridgehead atoms. The second-order valence-electron chi connectivity index (χ2n) is 5.53. The van der Waals surface area contributed by atoms with Crippen LogP contribution < -0.4 is 20.5 Å². The summed E-state index contributed by atoms with van der Waals surface area (Å²) in [5, 5.41) is 3.04. The number of nitrogens with one attached hydrogen (secondary N) is 1. The van der Waals surface area contributed by atoms with Crippen molar-refractivity contribution >= 4 is 23.1 Å². The van der Waals surface area contributed by atoms with E-state index >= 15 is 0 Å². The third-order valence-electron chi connectivity index (χ3n) is 4.17.